The summed E-state index contributed by atoms with van der Waals surface area (Å²) in [4.78, 5) is 22.7. The lowest BCUT2D eigenvalue weighted by Crippen LogP contribution is -2.41. The number of hydrogen-bond acceptors (Lipinski definition) is 5. The third-order valence-corrected chi connectivity index (χ3v) is 3.24. The van der Waals surface area contributed by atoms with Gasteiger partial charge >= 0.3 is 5.97 Å². The number of ether oxygens (including phenoxy) is 1. The minimum Gasteiger partial charge on any atom is -0.467 e. The molecule has 0 bridgehead atoms. The van der Waals surface area contributed by atoms with Crippen molar-refractivity contribution in [1.82, 2.24) is 5.32 Å². The molecule has 0 radical (unpaired) electrons. The van der Waals surface area contributed by atoms with E-state index < -0.39 is 12.1 Å². The number of rotatable bonds is 5. The molecule has 0 saturated heterocycles. The summed E-state index contributed by atoms with van der Waals surface area (Å²) in [6, 6.07) is 0. The highest BCUT2D eigenvalue weighted by atomic mass is 16.5. The van der Waals surface area contributed by atoms with Crippen LogP contribution in [0.1, 0.15) is 19.3 Å². The lowest BCUT2D eigenvalue weighted by atomic mass is 9.95. The molecule has 1 fully saturated rings. The molecule has 3 atom stereocenters. The maximum atomic E-state index is 11.8. The largest absolute Gasteiger partial charge is 0.467 e. The number of esters is 1. The number of hydrogen-bond donors (Lipinski definition) is 3. The number of nitrogens with one attached hydrogen (secondary N) is 1. The van der Waals surface area contributed by atoms with Gasteiger partial charge in [0.2, 0.25) is 5.91 Å². The first-order chi connectivity index (χ1) is 8.10. The van der Waals surface area contributed by atoms with Gasteiger partial charge in [-0.05, 0) is 25.3 Å². The Kier molecular flexibility index (Phi) is 5.37. The van der Waals surface area contributed by atoms with Gasteiger partial charge in [0.25, 0.3) is 0 Å². The van der Waals surface area contributed by atoms with Crippen LogP contribution in [0.4, 0.5) is 0 Å². The van der Waals surface area contributed by atoms with Crippen molar-refractivity contribution in [2.45, 2.75) is 25.4 Å². The van der Waals surface area contributed by atoms with Gasteiger partial charge in [-0.25, -0.2) is 4.79 Å². The lowest BCUT2D eigenvalue weighted by Gasteiger charge is -2.18. The van der Waals surface area contributed by atoms with Crippen molar-refractivity contribution in [3.05, 3.63) is 0 Å². The second-order valence-electron chi connectivity index (χ2n) is 4.32. The van der Waals surface area contributed by atoms with Crippen LogP contribution in [0, 0.1) is 11.8 Å². The van der Waals surface area contributed by atoms with Gasteiger partial charge in [-0.15, -0.1) is 0 Å². The standard InChI is InChI=1S/C11H20N2O4/c1-17-11(16)9(14)6-13-10(15)8-4-2-3-7(8)5-12/h7-9,14H,2-6,12H2,1H3,(H,13,15). The highest BCUT2D eigenvalue weighted by molar-refractivity contribution is 5.80. The number of aliphatic hydroxyl groups excluding tert-OH is 1. The fourth-order valence-corrected chi connectivity index (χ4v) is 2.21. The molecule has 1 aliphatic carbocycles. The molecule has 98 valence electrons. The van der Waals surface area contributed by atoms with E-state index >= 15 is 0 Å². The topological polar surface area (TPSA) is 102 Å². The van der Waals surface area contributed by atoms with Gasteiger partial charge in [-0.2, -0.15) is 0 Å². The van der Waals surface area contributed by atoms with Gasteiger partial charge in [0, 0.05) is 5.92 Å². The summed E-state index contributed by atoms with van der Waals surface area (Å²) >= 11 is 0. The molecule has 0 heterocycles. The monoisotopic (exact) mass is 244 g/mol. The quantitative estimate of drug-likeness (QED) is 0.539. The molecule has 6 heteroatoms. The van der Waals surface area contributed by atoms with Crippen molar-refractivity contribution in [3.63, 3.8) is 0 Å². The maximum Gasteiger partial charge on any atom is 0.336 e. The minimum atomic E-state index is -1.30. The van der Waals surface area contributed by atoms with Crippen LogP contribution in [-0.4, -0.2) is 43.3 Å². The summed E-state index contributed by atoms with van der Waals surface area (Å²) in [7, 11) is 1.19. The Labute approximate surface area is 101 Å². The minimum absolute atomic E-state index is 0.0927. The first kappa shape index (κ1) is 13.9. The smallest absolute Gasteiger partial charge is 0.336 e. The number of aliphatic hydroxyl groups is 1. The molecular weight excluding hydrogens is 224 g/mol. The maximum absolute atomic E-state index is 11.8. The van der Waals surface area contributed by atoms with Crippen molar-refractivity contribution in [2.75, 3.05) is 20.2 Å². The summed E-state index contributed by atoms with van der Waals surface area (Å²) in [6.45, 7) is 0.386. The van der Waals surface area contributed by atoms with E-state index in [9.17, 15) is 14.7 Å². The van der Waals surface area contributed by atoms with Crippen molar-refractivity contribution < 1.29 is 19.4 Å². The van der Waals surface area contributed by atoms with Crippen LogP contribution in [0.3, 0.4) is 0 Å². The summed E-state index contributed by atoms with van der Waals surface area (Å²) in [5.74, 6) is -0.761. The molecule has 1 saturated carbocycles. The third kappa shape index (κ3) is 3.67. The Bertz CT molecular complexity index is 283. The summed E-state index contributed by atoms with van der Waals surface area (Å²) < 4.78 is 4.35. The van der Waals surface area contributed by atoms with Crippen LogP contribution in [0.2, 0.25) is 0 Å². The van der Waals surface area contributed by atoms with E-state index in [1.165, 1.54) is 7.11 Å². The van der Waals surface area contributed by atoms with Gasteiger partial charge < -0.3 is 20.9 Å². The molecule has 6 nitrogen and oxygen atoms in total. The summed E-state index contributed by atoms with van der Waals surface area (Å²) in [5.41, 5.74) is 5.58. The molecule has 0 aromatic rings. The first-order valence-corrected chi connectivity index (χ1v) is 5.83. The summed E-state index contributed by atoms with van der Waals surface area (Å²) in [6.07, 6.45) is 1.48. The normalized spacial score (nSPS) is 25.4. The molecule has 1 aliphatic rings. The van der Waals surface area contributed by atoms with Crippen LogP contribution >= 0.6 is 0 Å². The van der Waals surface area contributed by atoms with Gasteiger partial charge in [0.1, 0.15) is 0 Å². The van der Waals surface area contributed by atoms with Crippen LogP contribution in [-0.2, 0) is 14.3 Å². The predicted octanol–water partition coefficient (Wildman–Crippen LogP) is -0.988. The third-order valence-electron chi connectivity index (χ3n) is 3.24. The lowest BCUT2D eigenvalue weighted by molar-refractivity contribution is -0.150. The van der Waals surface area contributed by atoms with Gasteiger partial charge in [0.05, 0.1) is 13.7 Å². The van der Waals surface area contributed by atoms with Crippen LogP contribution in [0.25, 0.3) is 0 Å². The van der Waals surface area contributed by atoms with E-state index in [1.54, 1.807) is 0 Å². The number of nitrogens with two attached hydrogens (primary N) is 1. The highest BCUT2D eigenvalue weighted by Gasteiger charge is 2.32. The number of methoxy groups -OCH3 is 1. The molecule has 0 aromatic carbocycles. The fraction of sp³-hybridized carbons (Fsp3) is 0.818. The Hall–Kier alpha value is -1.14. The second kappa shape index (κ2) is 6.56. The zero-order valence-electron chi connectivity index (χ0n) is 10.0. The van der Waals surface area contributed by atoms with E-state index in [4.69, 9.17) is 5.73 Å². The van der Waals surface area contributed by atoms with Crippen LogP contribution in [0.15, 0.2) is 0 Å². The molecule has 4 N–H and O–H groups in total. The van der Waals surface area contributed by atoms with Crippen molar-refractivity contribution in [3.8, 4) is 0 Å². The zero-order chi connectivity index (χ0) is 12.8. The number of carbonyl (C=O) groups is 2. The predicted molar refractivity (Wildman–Crippen MR) is 60.9 cm³/mol. The van der Waals surface area contributed by atoms with E-state index in [0.29, 0.717) is 6.54 Å². The fourth-order valence-electron chi connectivity index (χ4n) is 2.21. The van der Waals surface area contributed by atoms with Gasteiger partial charge in [-0.3, -0.25) is 4.79 Å². The molecular formula is C11H20N2O4. The molecule has 17 heavy (non-hydrogen) atoms. The average Bonchev–Trinajstić information content (AvgIpc) is 2.82. The van der Waals surface area contributed by atoms with Gasteiger partial charge in [-0.1, -0.05) is 6.42 Å². The molecule has 1 rings (SSSR count). The Balaban J connectivity index is 2.36. The van der Waals surface area contributed by atoms with Crippen molar-refractivity contribution >= 4 is 11.9 Å². The molecule has 0 aliphatic heterocycles. The van der Waals surface area contributed by atoms with E-state index in [-0.39, 0.29) is 24.3 Å². The van der Waals surface area contributed by atoms with E-state index in [0.717, 1.165) is 19.3 Å². The van der Waals surface area contributed by atoms with Crippen molar-refractivity contribution in [1.29, 1.82) is 0 Å². The van der Waals surface area contributed by atoms with Gasteiger partial charge in [0.15, 0.2) is 6.10 Å². The second-order valence-corrected chi connectivity index (χ2v) is 4.32. The van der Waals surface area contributed by atoms with E-state index in [2.05, 4.69) is 10.1 Å². The molecule has 1 amide bonds. The van der Waals surface area contributed by atoms with E-state index in [1.807, 2.05) is 0 Å². The number of amides is 1. The van der Waals surface area contributed by atoms with Crippen molar-refractivity contribution in [2.24, 2.45) is 17.6 Å². The Morgan fingerprint density at radius 2 is 2.24 bits per heavy atom. The Morgan fingerprint density at radius 1 is 1.53 bits per heavy atom. The highest BCUT2D eigenvalue weighted by Crippen LogP contribution is 2.30. The van der Waals surface area contributed by atoms with Crippen LogP contribution in [0.5, 0.6) is 0 Å². The average molecular weight is 244 g/mol. The van der Waals surface area contributed by atoms with Crippen LogP contribution < -0.4 is 11.1 Å². The SMILES string of the molecule is COC(=O)C(O)CNC(=O)C1CCCC1CN. The molecule has 3 unspecified atom stereocenters. The zero-order valence-corrected chi connectivity index (χ0v) is 10.0. The summed E-state index contributed by atoms with van der Waals surface area (Å²) in [5, 5.41) is 11.9. The molecule has 0 aromatic heterocycles. The first-order valence-electron chi connectivity index (χ1n) is 5.83. The molecule has 0 spiro atoms. The number of carbonyl (C=O) groups excluding carboxylic acids is 2. The Morgan fingerprint density at radius 3 is 2.82 bits per heavy atom.